The van der Waals surface area contributed by atoms with Crippen molar-refractivity contribution in [1.29, 1.82) is 0 Å². The van der Waals surface area contributed by atoms with Crippen LogP contribution in [0.4, 0.5) is 0 Å². The number of rotatable bonds is 12. The van der Waals surface area contributed by atoms with Crippen molar-refractivity contribution in [1.82, 2.24) is 0 Å². The molecular weight excluding hydrogens is 404 g/mol. The Morgan fingerprint density at radius 3 is 1.21 bits per heavy atom. The number of unbranched alkanes of at least 4 members (excludes halogenated alkanes) is 4. The first-order valence-electron chi connectivity index (χ1n) is 12.2. The molecule has 2 rings (SSSR count). The molecule has 172 valence electrons. The molecule has 0 radical (unpaired) electrons. The zero-order chi connectivity index (χ0) is 21.3. The number of sulfone groups is 2. The maximum absolute atomic E-state index is 12.9. The van der Waals surface area contributed by atoms with Crippen LogP contribution < -0.4 is 0 Å². The average molecular weight is 449 g/mol. The molecular formula is C23H44O4S2. The van der Waals surface area contributed by atoms with E-state index in [2.05, 4.69) is 13.8 Å². The number of hydrogen-bond acceptors (Lipinski definition) is 4. The van der Waals surface area contributed by atoms with Crippen LogP contribution in [0.1, 0.15) is 117 Å². The van der Waals surface area contributed by atoms with Gasteiger partial charge < -0.3 is 0 Å². The SMILES string of the molecule is CCCCCC1CCC(S(=O)(=O)CS(=O)(=O)C2CCC(CCCCC)CC2)CC1. The molecule has 0 aromatic rings. The summed E-state index contributed by atoms with van der Waals surface area (Å²) in [6.45, 7) is 4.39. The van der Waals surface area contributed by atoms with E-state index in [0.29, 0.717) is 37.5 Å². The van der Waals surface area contributed by atoms with Gasteiger partial charge in [0.2, 0.25) is 0 Å². The van der Waals surface area contributed by atoms with Gasteiger partial charge in [0, 0.05) is 0 Å². The standard InChI is InChI=1S/C23H44O4S2/c1-3-5-7-9-20-11-15-22(16-12-20)28(24,25)19-29(26,27)23-17-13-21(14-18-23)10-8-6-4-2/h20-23H,3-19H2,1-2H3. The predicted octanol–water partition coefficient (Wildman–Crippen LogP) is 6.05. The number of hydrogen-bond donors (Lipinski definition) is 0. The van der Waals surface area contributed by atoms with Gasteiger partial charge in [-0.1, -0.05) is 65.2 Å². The third-order valence-electron chi connectivity index (χ3n) is 7.36. The molecule has 0 bridgehead atoms. The normalized spacial score (nSPS) is 29.0. The highest BCUT2D eigenvalue weighted by atomic mass is 32.3. The molecule has 2 aliphatic carbocycles. The van der Waals surface area contributed by atoms with Crippen LogP contribution in [-0.4, -0.2) is 32.4 Å². The van der Waals surface area contributed by atoms with E-state index >= 15 is 0 Å². The Balaban J connectivity index is 1.80. The maximum atomic E-state index is 12.9. The van der Waals surface area contributed by atoms with Crippen molar-refractivity contribution in [2.75, 3.05) is 5.08 Å². The summed E-state index contributed by atoms with van der Waals surface area (Å²) in [5, 5.41) is -1.49. The second-order valence-electron chi connectivity index (χ2n) is 9.72. The maximum Gasteiger partial charge on any atom is 0.167 e. The Kier molecular flexibility index (Phi) is 10.5. The highest BCUT2D eigenvalue weighted by molar-refractivity contribution is 8.08. The summed E-state index contributed by atoms with van der Waals surface area (Å²) in [4.78, 5) is 0. The van der Waals surface area contributed by atoms with Gasteiger partial charge in [-0.05, 0) is 63.2 Å². The highest BCUT2D eigenvalue weighted by Gasteiger charge is 2.38. The van der Waals surface area contributed by atoms with Gasteiger partial charge >= 0.3 is 0 Å². The molecule has 0 unspecified atom stereocenters. The van der Waals surface area contributed by atoms with Crippen molar-refractivity contribution in [3.8, 4) is 0 Å². The van der Waals surface area contributed by atoms with E-state index in [1.165, 1.54) is 51.4 Å². The van der Waals surface area contributed by atoms with Gasteiger partial charge in [0.1, 0.15) is 0 Å². The molecule has 0 N–H and O–H groups in total. The lowest BCUT2D eigenvalue weighted by molar-refractivity contribution is 0.328. The predicted molar refractivity (Wildman–Crippen MR) is 122 cm³/mol. The van der Waals surface area contributed by atoms with E-state index in [1.807, 2.05) is 0 Å². The summed E-state index contributed by atoms with van der Waals surface area (Å²) < 4.78 is 51.5. The van der Waals surface area contributed by atoms with Gasteiger partial charge in [-0.15, -0.1) is 0 Å². The molecule has 0 aromatic carbocycles. The fraction of sp³-hybridized carbons (Fsp3) is 1.00. The summed E-state index contributed by atoms with van der Waals surface area (Å²) in [5.41, 5.74) is 0. The van der Waals surface area contributed by atoms with Gasteiger partial charge in [-0.25, -0.2) is 16.8 Å². The Hall–Kier alpha value is -0.100. The van der Waals surface area contributed by atoms with Crippen LogP contribution in [0.3, 0.4) is 0 Å². The van der Waals surface area contributed by atoms with Crippen LogP contribution in [0.15, 0.2) is 0 Å². The zero-order valence-electron chi connectivity index (χ0n) is 18.8. The van der Waals surface area contributed by atoms with Crippen LogP contribution in [0.5, 0.6) is 0 Å². The zero-order valence-corrected chi connectivity index (χ0v) is 20.4. The Bertz CT molecular complexity index is 595. The van der Waals surface area contributed by atoms with Gasteiger partial charge in [0.15, 0.2) is 24.8 Å². The first-order chi connectivity index (χ1) is 13.8. The highest BCUT2D eigenvalue weighted by Crippen LogP contribution is 2.35. The molecule has 0 amide bonds. The molecule has 0 aromatic heterocycles. The van der Waals surface area contributed by atoms with E-state index in [4.69, 9.17) is 0 Å². The lowest BCUT2D eigenvalue weighted by atomic mass is 9.85. The fourth-order valence-corrected chi connectivity index (χ4v) is 10.7. The average Bonchev–Trinajstić information content (AvgIpc) is 2.68. The van der Waals surface area contributed by atoms with Crippen LogP contribution in [0.25, 0.3) is 0 Å². The lowest BCUT2D eigenvalue weighted by Crippen LogP contribution is -2.36. The summed E-state index contributed by atoms with van der Waals surface area (Å²) in [5.74, 6) is 1.26. The molecule has 0 atom stereocenters. The summed E-state index contributed by atoms with van der Waals surface area (Å²) in [6.07, 6.45) is 16.1. The Labute approximate surface area is 180 Å². The van der Waals surface area contributed by atoms with E-state index < -0.39 is 35.3 Å². The smallest absolute Gasteiger partial charge is 0.167 e. The molecule has 29 heavy (non-hydrogen) atoms. The molecule has 2 saturated carbocycles. The third-order valence-corrected chi connectivity index (χ3v) is 13.0. The van der Waals surface area contributed by atoms with E-state index in [1.54, 1.807) is 0 Å². The molecule has 0 aliphatic heterocycles. The van der Waals surface area contributed by atoms with Crippen molar-refractivity contribution < 1.29 is 16.8 Å². The minimum absolute atomic E-state index is 0.440. The second-order valence-corrected chi connectivity index (χ2v) is 14.6. The van der Waals surface area contributed by atoms with Gasteiger partial charge in [-0.3, -0.25) is 0 Å². The van der Waals surface area contributed by atoms with Crippen LogP contribution in [0.2, 0.25) is 0 Å². The minimum atomic E-state index is -3.56. The van der Waals surface area contributed by atoms with Gasteiger partial charge in [-0.2, -0.15) is 0 Å². The van der Waals surface area contributed by atoms with E-state index in [9.17, 15) is 16.8 Å². The summed E-state index contributed by atoms with van der Waals surface area (Å²) in [6, 6.07) is 0. The van der Waals surface area contributed by atoms with E-state index in [-0.39, 0.29) is 0 Å². The molecule has 0 saturated heterocycles. The van der Waals surface area contributed by atoms with Crippen LogP contribution in [0, 0.1) is 11.8 Å². The molecule has 0 heterocycles. The van der Waals surface area contributed by atoms with Crippen molar-refractivity contribution in [2.45, 2.75) is 127 Å². The summed E-state index contributed by atoms with van der Waals surface area (Å²) in [7, 11) is -7.12. The largest absolute Gasteiger partial charge is 0.227 e. The third kappa shape index (κ3) is 8.16. The lowest BCUT2D eigenvalue weighted by Gasteiger charge is -2.30. The monoisotopic (exact) mass is 448 g/mol. The van der Waals surface area contributed by atoms with Gasteiger partial charge in [0.25, 0.3) is 0 Å². The molecule has 2 fully saturated rings. The van der Waals surface area contributed by atoms with Gasteiger partial charge in [0.05, 0.1) is 10.5 Å². The van der Waals surface area contributed by atoms with Crippen molar-refractivity contribution in [3.05, 3.63) is 0 Å². The quantitative estimate of drug-likeness (QED) is 0.341. The molecule has 0 spiro atoms. The Morgan fingerprint density at radius 1 is 0.552 bits per heavy atom. The first-order valence-corrected chi connectivity index (χ1v) is 15.6. The second kappa shape index (κ2) is 12.1. The molecule has 6 heteroatoms. The van der Waals surface area contributed by atoms with Crippen molar-refractivity contribution in [3.63, 3.8) is 0 Å². The first kappa shape index (κ1) is 25.2. The summed E-state index contributed by atoms with van der Waals surface area (Å²) >= 11 is 0. The van der Waals surface area contributed by atoms with Crippen LogP contribution >= 0.6 is 0 Å². The molecule has 2 aliphatic rings. The molecule has 4 nitrogen and oxygen atoms in total. The van der Waals surface area contributed by atoms with E-state index in [0.717, 1.165) is 25.7 Å². The fourth-order valence-electron chi connectivity index (χ4n) is 5.35. The van der Waals surface area contributed by atoms with Crippen molar-refractivity contribution >= 4 is 19.7 Å². The topological polar surface area (TPSA) is 68.3 Å². The van der Waals surface area contributed by atoms with Crippen LogP contribution in [-0.2, 0) is 19.7 Å². The van der Waals surface area contributed by atoms with Crippen molar-refractivity contribution in [2.24, 2.45) is 11.8 Å². The minimum Gasteiger partial charge on any atom is -0.227 e. The Morgan fingerprint density at radius 2 is 0.897 bits per heavy atom.